The van der Waals surface area contributed by atoms with Crippen LogP contribution in [0.4, 0.5) is 10.1 Å². The van der Waals surface area contributed by atoms with Crippen molar-refractivity contribution in [1.82, 2.24) is 9.47 Å². The quantitative estimate of drug-likeness (QED) is 0.730. The zero-order valence-electron chi connectivity index (χ0n) is 15.8. The Morgan fingerprint density at radius 2 is 2.07 bits per heavy atom. The fourth-order valence-corrected chi connectivity index (χ4v) is 4.78. The maximum Gasteiger partial charge on any atom is 0.344 e. The van der Waals surface area contributed by atoms with Gasteiger partial charge in [0.05, 0.1) is 34.8 Å². The Bertz CT molecular complexity index is 1070. The van der Waals surface area contributed by atoms with Gasteiger partial charge in [-0.15, -0.1) is 0 Å². The number of pyridine rings is 1. The molecule has 0 N–H and O–H groups in total. The molecule has 2 aromatic rings. The molecule has 1 unspecified atom stereocenters. The van der Waals surface area contributed by atoms with E-state index in [-0.39, 0.29) is 41.1 Å². The van der Waals surface area contributed by atoms with Crippen molar-refractivity contribution in [2.75, 3.05) is 38.2 Å². The van der Waals surface area contributed by atoms with Crippen molar-refractivity contribution in [3.8, 4) is 0 Å². The number of carbonyl (C=O) groups is 2. The lowest BCUT2D eigenvalue weighted by Crippen LogP contribution is -2.48. The van der Waals surface area contributed by atoms with Crippen LogP contribution in [0.5, 0.6) is 0 Å². The highest BCUT2D eigenvalue weighted by atomic mass is 32.2. The van der Waals surface area contributed by atoms with Gasteiger partial charge in [-0.3, -0.25) is 9.59 Å². The lowest BCUT2D eigenvalue weighted by atomic mass is 10.1. The number of likely N-dealkylation sites (N-methyl/N-ethyl adjacent to an activating group) is 1. The first kappa shape index (κ1) is 18.8. The smallest absolute Gasteiger partial charge is 0.344 e. The predicted molar refractivity (Wildman–Crippen MR) is 105 cm³/mol. The number of hydrogen-bond acceptors (Lipinski definition) is 6. The average Bonchev–Trinajstić information content (AvgIpc) is 2.64. The molecular weight excluding hydrogens is 385 g/mol. The lowest BCUT2D eigenvalue weighted by molar-refractivity contribution is -0.129. The fourth-order valence-electron chi connectivity index (χ4n) is 3.63. The number of aromatic nitrogens is 1. The molecule has 0 bridgehead atoms. The van der Waals surface area contributed by atoms with E-state index in [1.54, 1.807) is 29.8 Å². The monoisotopic (exact) mass is 405 g/mol. The van der Waals surface area contributed by atoms with E-state index in [1.165, 1.54) is 17.8 Å². The van der Waals surface area contributed by atoms with Gasteiger partial charge in [0, 0.05) is 25.5 Å². The van der Waals surface area contributed by atoms with Gasteiger partial charge in [0.1, 0.15) is 11.4 Å². The largest absolute Gasteiger partial charge is 0.462 e. The topological polar surface area (TPSA) is 71.8 Å². The highest BCUT2D eigenvalue weighted by Crippen LogP contribution is 2.46. The minimum Gasteiger partial charge on any atom is -0.462 e. The Morgan fingerprint density at radius 3 is 2.71 bits per heavy atom. The number of amides is 1. The molecule has 3 heterocycles. The van der Waals surface area contributed by atoms with Gasteiger partial charge in [-0.1, -0.05) is 11.8 Å². The van der Waals surface area contributed by atoms with E-state index in [4.69, 9.17) is 4.74 Å². The maximum absolute atomic E-state index is 14.9. The summed E-state index contributed by atoms with van der Waals surface area (Å²) in [6.07, 6.45) is 0. The molecule has 1 fully saturated rings. The van der Waals surface area contributed by atoms with Crippen LogP contribution in [0.3, 0.4) is 0 Å². The molecule has 0 spiro atoms. The van der Waals surface area contributed by atoms with E-state index in [0.717, 1.165) is 0 Å². The zero-order valence-corrected chi connectivity index (χ0v) is 16.6. The Hall–Kier alpha value is -2.55. The molecule has 1 saturated heterocycles. The lowest BCUT2D eigenvalue weighted by Gasteiger charge is -2.35. The molecule has 0 aliphatic carbocycles. The summed E-state index contributed by atoms with van der Waals surface area (Å²) < 4.78 is 21.8. The normalized spacial score (nSPS) is 18.9. The van der Waals surface area contributed by atoms with E-state index in [1.807, 2.05) is 11.5 Å². The van der Waals surface area contributed by atoms with E-state index >= 15 is 0 Å². The van der Waals surface area contributed by atoms with Gasteiger partial charge in [0.15, 0.2) is 0 Å². The Labute approximate surface area is 165 Å². The van der Waals surface area contributed by atoms with Crippen molar-refractivity contribution in [1.29, 1.82) is 0 Å². The Balaban J connectivity index is 1.89. The first-order chi connectivity index (χ1) is 13.3. The Morgan fingerprint density at radius 1 is 1.32 bits per heavy atom. The molecule has 1 aromatic carbocycles. The summed E-state index contributed by atoms with van der Waals surface area (Å²) in [6.45, 7) is 4.86. The van der Waals surface area contributed by atoms with Gasteiger partial charge in [-0.05, 0) is 26.0 Å². The highest BCUT2D eigenvalue weighted by Gasteiger charge is 2.34. The molecule has 28 heavy (non-hydrogen) atoms. The van der Waals surface area contributed by atoms with Crippen LogP contribution in [0.25, 0.3) is 10.9 Å². The van der Waals surface area contributed by atoms with E-state index in [0.29, 0.717) is 23.6 Å². The van der Waals surface area contributed by atoms with Crippen molar-refractivity contribution in [2.24, 2.45) is 0 Å². The molecule has 1 amide bonds. The zero-order chi connectivity index (χ0) is 20.2. The molecule has 0 saturated carbocycles. The molecule has 0 radical (unpaired) electrons. The predicted octanol–water partition coefficient (Wildman–Crippen LogP) is 2.22. The van der Waals surface area contributed by atoms with Crippen molar-refractivity contribution in [3.63, 3.8) is 0 Å². The molecular formula is C19H20FN3O4S. The minimum absolute atomic E-state index is 0.00120. The van der Waals surface area contributed by atoms with Crippen molar-refractivity contribution in [3.05, 3.63) is 33.7 Å². The minimum atomic E-state index is -0.688. The number of ether oxygens (including phenoxy) is 1. The van der Waals surface area contributed by atoms with Crippen molar-refractivity contribution < 1.29 is 18.7 Å². The van der Waals surface area contributed by atoms with Crippen LogP contribution in [0.2, 0.25) is 0 Å². The number of rotatable bonds is 3. The number of piperazine rings is 1. The number of fused-ring (bicyclic) bond motifs is 3. The number of benzene rings is 1. The first-order valence-corrected chi connectivity index (χ1v) is 9.95. The van der Waals surface area contributed by atoms with Crippen LogP contribution < -0.4 is 10.3 Å². The SMILES string of the molecule is CCOC(=O)c1c2n(c3cc(N4CCN(C)C(=O)C4)c(F)cc3c1=O)C(C)S2. The molecule has 2 aliphatic heterocycles. The van der Waals surface area contributed by atoms with Crippen LogP contribution in [0, 0.1) is 5.82 Å². The fraction of sp³-hybridized carbons (Fsp3) is 0.421. The second-order valence-electron chi connectivity index (χ2n) is 6.87. The third-order valence-corrected chi connectivity index (χ3v) is 6.33. The second-order valence-corrected chi connectivity index (χ2v) is 8.18. The summed E-state index contributed by atoms with van der Waals surface area (Å²) in [4.78, 5) is 40.5. The number of hydrogen-bond donors (Lipinski definition) is 0. The van der Waals surface area contributed by atoms with Crippen LogP contribution >= 0.6 is 11.8 Å². The molecule has 9 heteroatoms. The first-order valence-electron chi connectivity index (χ1n) is 9.08. The molecule has 148 valence electrons. The van der Waals surface area contributed by atoms with E-state index in [9.17, 15) is 18.8 Å². The third-order valence-electron chi connectivity index (χ3n) is 5.15. The van der Waals surface area contributed by atoms with Gasteiger partial charge in [0.2, 0.25) is 11.3 Å². The van der Waals surface area contributed by atoms with Crippen LogP contribution in [-0.4, -0.2) is 54.6 Å². The Kier molecular flexibility index (Phi) is 4.57. The number of anilines is 1. The van der Waals surface area contributed by atoms with Gasteiger partial charge < -0.3 is 19.1 Å². The van der Waals surface area contributed by atoms with E-state index < -0.39 is 17.2 Å². The van der Waals surface area contributed by atoms with Gasteiger partial charge >= 0.3 is 5.97 Å². The summed E-state index contributed by atoms with van der Waals surface area (Å²) in [5, 5.41) is 0.676. The maximum atomic E-state index is 14.9. The average molecular weight is 405 g/mol. The standard InChI is InChI=1S/C19H20FN3O4S/c1-4-27-19(26)16-17(25)11-7-12(20)14(22-6-5-21(3)15(24)9-22)8-13(11)23-10(2)28-18(16)23/h7-8,10H,4-6,9H2,1-3H3. The summed E-state index contributed by atoms with van der Waals surface area (Å²) in [5.74, 6) is -1.36. The summed E-state index contributed by atoms with van der Waals surface area (Å²) >= 11 is 1.40. The van der Waals surface area contributed by atoms with Crippen LogP contribution in [0.1, 0.15) is 29.6 Å². The summed E-state index contributed by atoms with van der Waals surface area (Å²) in [6, 6.07) is 2.78. The van der Waals surface area contributed by atoms with Crippen molar-refractivity contribution >= 4 is 40.2 Å². The van der Waals surface area contributed by atoms with Crippen LogP contribution in [-0.2, 0) is 9.53 Å². The summed E-state index contributed by atoms with van der Waals surface area (Å²) in [5.41, 5.74) is 0.275. The summed E-state index contributed by atoms with van der Waals surface area (Å²) in [7, 11) is 1.72. The number of nitrogens with zero attached hydrogens (tertiary/aromatic N) is 3. The second kappa shape index (κ2) is 6.80. The molecule has 7 nitrogen and oxygen atoms in total. The van der Waals surface area contributed by atoms with Crippen molar-refractivity contribution in [2.45, 2.75) is 24.2 Å². The molecule has 1 aromatic heterocycles. The molecule has 4 rings (SSSR count). The van der Waals surface area contributed by atoms with Gasteiger partial charge in [0.25, 0.3) is 0 Å². The number of esters is 1. The number of halogens is 1. The van der Waals surface area contributed by atoms with Crippen LogP contribution in [0.15, 0.2) is 22.0 Å². The third kappa shape index (κ3) is 2.76. The van der Waals surface area contributed by atoms with Gasteiger partial charge in [-0.2, -0.15) is 0 Å². The number of carbonyl (C=O) groups excluding carboxylic acids is 2. The van der Waals surface area contributed by atoms with E-state index in [2.05, 4.69) is 0 Å². The molecule has 2 aliphatic rings. The molecule has 1 atom stereocenters. The highest BCUT2D eigenvalue weighted by molar-refractivity contribution is 8.00. The number of thioether (sulfide) groups is 1. The van der Waals surface area contributed by atoms with Gasteiger partial charge in [-0.25, -0.2) is 9.18 Å².